The molecule has 0 unspecified atom stereocenters. The van der Waals surface area contributed by atoms with Gasteiger partial charge < -0.3 is 4.74 Å². The SMILES string of the molecule is CC/C=C\C/C=C\C/C=C\CC(=O)CCCOC(=O)C/C=C\C/C=C\C/C=C\CC. The number of allylic oxidation sites excluding steroid dienone is 11. The number of rotatable bonds is 18. The third kappa shape index (κ3) is 21.9. The normalized spacial score (nSPS) is 12.6. The average molecular weight is 413 g/mol. The second kappa shape index (κ2) is 22.9. The van der Waals surface area contributed by atoms with E-state index in [1.54, 1.807) is 0 Å². The Hall–Kier alpha value is -2.42. The van der Waals surface area contributed by atoms with Gasteiger partial charge in [-0.05, 0) is 44.9 Å². The highest BCUT2D eigenvalue weighted by molar-refractivity contribution is 5.79. The molecule has 0 atom stereocenters. The second-order valence-electron chi connectivity index (χ2n) is 6.86. The Bertz CT molecular complexity index is 550. The van der Waals surface area contributed by atoms with E-state index in [1.807, 2.05) is 24.3 Å². The fourth-order valence-corrected chi connectivity index (χ4v) is 2.43. The third-order valence-corrected chi connectivity index (χ3v) is 4.05. The highest BCUT2D eigenvalue weighted by Gasteiger charge is 2.02. The van der Waals surface area contributed by atoms with Crippen LogP contribution in [0.5, 0.6) is 0 Å². The van der Waals surface area contributed by atoms with Crippen molar-refractivity contribution in [1.82, 2.24) is 0 Å². The van der Waals surface area contributed by atoms with E-state index >= 15 is 0 Å². The molecule has 0 radical (unpaired) electrons. The van der Waals surface area contributed by atoms with Gasteiger partial charge in [0, 0.05) is 12.8 Å². The van der Waals surface area contributed by atoms with E-state index in [1.165, 1.54) is 0 Å². The number of Topliss-reactive ketones (excluding diaryl/α,β-unsaturated/α-hetero) is 1. The Morgan fingerprint density at radius 2 is 1.03 bits per heavy atom. The molecule has 0 aliphatic heterocycles. The maximum Gasteiger partial charge on any atom is 0.309 e. The predicted molar refractivity (Wildman–Crippen MR) is 128 cm³/mol. The fourth-order valence-electron chi connectivity index (χ4n) is 2.43. The van der Waals surface area contributed by atoms with Gasteiger partial charge in [0.15, 0.2) is 0 Å². The molecule has 0 aromatic carbocycles. The van der Waals surface area contributed by atoms with Crippen molar-refractivity contribution >= 4 is 11.8 Å². The van der Waals surface area contributed by atoms with Gasteiger partial charge in [0.2, 0.25) is 0 Å². The first-order valence-corrected chi connectivity index (χ1v) is 11.3. The lowest BCUT2D eigenvalue weighted by Gasteiger charge is -2.02. The van der Waals surface area contributed by atoms with Crippen molar-refractivity contribution < 1.29 is 14.3 Å². The molecule has 3 heteroatoms. The summed E-state index contributed by atoms with van der Waals surface area (Å²) in [5.74, 6) is -0.0633. The van der Waals surface area contributed by atoms with Crippen LogP contribution in [0.4, 0.5) is 0 Å². The molecule has 0 saturated heterocycles. The van der Waals surface area contributed by atoms with Crippen molar-refractivity contribution in [2.75, 3.05) is 6.61 Å². The van der Waals surface area contributed by atoms with Crippen LogP contribution in [-0.2, 0) is 14.3 Å². The first-order chi connectivity index (χ1) is 14.7. The lowest BCUT2D eigenvalue weighted by molar-refractivity contribution is -0.143. The van der Waals surface area contributed by atoms with Crippen LogP contribution in [0.1, 0.15) is 78.1 Å². The fraction of sp³-hybridized carbons (Fsp3) is 0.481. The smallest absolute Gasteiger partial charge is 0.309 e. The molecular weight excluding hydrogens is 372 g/mol. The Labute approximate surface area is 184 Å². The zero-order chi connectivity index (χ0) is 22.1. The zero-order valence-electron chi connectivity index (χ0n) is 18.9. The Kier molecular flexibility index (Phi) is 21.0. The monoisotopic (exact) mass is 412 g/mol. The first-order valence-electron chi connectivity index (χ1n) is 11.3. The summed E-state index contributed by atoms with van der Waals surface area (Å²) in [4.78, 5) is 23.5. The molecule has 0 heterocycles. The molecule has 0 amide bonds. The topological polar surface area (TPSA) is 43.4 Å². The van der Waals surface area contributed by atoms with Gasteiger partial charge in [0.1, 0.15) is 5.78 Å². The second-order valence-corrected chi connectivity index (χ2v) is 6.86. The molecule has 3 nitrogen and oxygen atoms in total. The minimum absolute atomic E-state index is 0.178. The number of ether oxygens (including phenoxy) is 1. The van der Waals surface area contributed by atoms with Crippen LogP contribution in [0.3, 0.4) is 0 Å². The molecule has 30 heavy (non-hydrogen) atoms. The minimum atomic E-state index is -0.242. The molecular formula is C27H40O3. The van der Waals surface area contributed by atoms with Crippen molar-refractivity contribution in [3.63, 3.8) is 0 Å². The summed E-state index contributed by atoms with van der Waals surface area (Å²) in [6, 6.07) is 0. The molecule has 0 aliphatic rings. The highest BCUT2D eigenvalue weighted by Crippen LogP contribution is 2.01. The third-order valence-electron chi connectivity index (χ3n) is 4.05. The van der Waals surface area contributed by atoms with E-state index in [-0.39, 0.29) is 18.2 Å². The summed E-state index contributed by atoms with van der Waals surface area (Å²) in [5.41, 5.74) is 0. The molecule has 0 rings (SSSR count). The predicted octanol–water partition coefficient (Wildman–Crippen LogP) is 7.38. The highest BCUT2D eigenvalue weighted by atomic mass is 16.5. The van der Waals surface area contributed by atoms with Crippen molar-refractivity contribution in [3.8, 4) is 0 Å². The van der Waals surface area contributed by atoms with Gasteiger partial charge >= 0.3 is 5.97 Å². The molecule has 0 aliphatic carbocycles. The number of carbonyl (C=O) groups is 2. The van der Waals surface area contributed by atoms with Crippen molar-refractivity contribution in [2.45, 2.75) is 78.1 Å². The molecule has 0 N–H and O–H groups in total. The summed E-state index contributed by atoms with van der Waals surface area (Å²) < 4.78 is 5.16. The molecule has 0 spiro atoms. The number of hydrogen-bond acceptors (Lipinski definition) is 3. The van der Waals surface area contributed by atoms with Crippen LogP contribution >= 0.6 is 0 Å². The Morgan fingerprint density at radius 1 is 0.600 bits per heavy atom. The molecule has 0 bridgehead atoms. The van der Waals surface area contributed by atoms with E-state index < -0.39 is 0 Å². The summed E-state index contributed by atoms with van der Waals surface area (Å²) in [6.07, 6.45) is 32.2. The maximum absolute atomic E-state index is 11.8. The maximum atomic E-state index is 11.8. The van der Waals surface area contributed by atoms with E-state index in [4.69, 9.17) is 4.74 Å². The number of carbonyl (C=O) groups excluding carboxylic acids is 2. The first kappa shape index (κ1) is 27.6. The number of ketones is 1. The lowest BCUT2D eigenvalue weighted by Crippen LogP contribution is -2.06. The summed E-state index contributed by atoms with van der Waals surface area (Å²) in [6.45, 7) is 4.54. The Morgan fingerprint density at radius 3 is 1.53 bits per heavy atom. The van der Waals surface area contributed by atoms with Gasteiger partial charge in [-0.1, -0.05) is 86.8 Å². The summed E-state index contributed by atoms with van der Waals surface area (Å²) in [7, 11) is 0. The number of esters is 1. The van der Waals surface area contributed by atoms with E-state index in [0.29, 0.717) is 25.9 Å². The van der Waals surface area contributed by atoms with Gasteiger partial charge in [-0.3, -0.25) is 9.59 Å². The van der Waals surface area contributed by atoms with E-state index in [9.17, 15) is 9.59 Å². The lowest BCUT2D eigenvalue weighted by atomic mass is 10.1. The van der Waals surface area contributed by atoms with Gasteiger partial charge in [-0.15, -0.1) is 0 Å². The van der Waals surface area contributed by atoms with Crippen molar-refractivity contribution in [1.29, 1.82) is 0 Å². The molecule has 0 fully saturated rings. The van der Waals surface area contributed by atoms with Crippen molar-refractivity contribution in [2.24, 2.45) is 0 Å². The quantitative estimate of drug-likeness (QED) is 0.134. The van der Waals surface area contributed by atoms with Gasteiger partial charge in [-0.25, -0.2) is 0 Å². The van der Waals surface area contributed by atoms with Gasteiger partial charge in [0.25, 0.3) is 0 Å². The van der Waals surface area contributed by atoms with Crippen LogP contribution in [-0.4, -0.2) is 18.4 Å². The molecule has 166 valence electrons. The van der Waals surface area contributed by atoms with Crippen LogP contribution in [0.25, 0.3) is 0 Å². The van der Waals surface area contributed by atoms with Crippen molar-refractivity contribution in [3.05, 3.63) is 72.9 Å². The number of hydrogen-bond donors (Lipinski definition) is 0. The summed E-state index contributed by atoms with van der Waals surface area (Å²) in [5, 5.41) is 0. The summed E-state index contributed by atoms with van der Waals surface area (Å²) >= 11 is 0. The van der Waals surface area contributed by atoms with E-state index in [0.717, 1.165) is 38.5 Å². The Balaban J connectivity index is 3.64. The zero-order valence-corrected chi connectivity index (χ0v) is 18.9. The largest absolute Gasteiger partial charge is 0.465 e. The van der Waals surface area contributed by atoms with Crippen LogP contribution in [0.15, 0.2) is 72.9 Å². The van der Waals surface area contributed by atoms with Gasteiger partial charge in [-0.2, -0.15) is 0 Å². The molecule has 0 aromatic heterocycles. The van der Waals surface area contributed by atoms with Crippen LogP contribution in [0.2, 0.25) is 0 Å². The minimum Gasteiger partial charge on any atom is -0.465 e. The average Bonchev–Trinajstić information content (AvgIpc) is 2.74. The van der Waals surface area contributed by atoms with Crippen LogP contribution < -0.4 is 0 Å². The van der Waals surface area contributed by atoms with Gasteiger partial charge in [0.05, 0.1) is 13.0 Å². The standard InChI is InChI=1S/C27H40O3/c1-3-5-7-9-11-13-15-17-19-22-26(28)23-21-25-30-27(29)24-20-18-16-14-12-10-8-6-4-2/h5-8,11-14,17-20H,3-4,9-10,15-16,21-25H2,1-2H3/b7-5-,8-6-,13-11-,14-12-,19-17-,20-18-. The van der Waals surface area contributed by atoms with E-state index in [2.05, 4.69) is 62.5 Å². The molecule has 0 saturated carbocycles. The van der Waals surface area contributed by atoms with Crippen LogP contribution in [0, 0.1) is 0 Å². The molecule has 0 aromatic rings.